The van der Waals surface area contributed by atoms with E-state index in [1.807, 2.05) is 35.2 Å². The minimum atomic E-state index is -2.92. The molecule has 2 heterocycles. The average molecular weight is 430 g/mol. The first-order valence-electron chi connectivity index (χ1n) is 10.3. The maximum Gasteiger partial charge on any atom is 0.254 e. The molecule has 2 aromatic rings. The highest BCUT2D eigenvalue weighted by molar-refractivity contribution is 8.02. The van der Waals surface area contributed by atoms with Gasteiger partial charge in [0.2, 0.25) is 0 Å². The zero-order chi connectivity index (χ0) is 20.3. The Kier molecular flexibility index (Phi) is 6.30. The molecule has 2 aromatic carbocycles. The largest absolute Gasteiger partial charge is 0.339 e. The molecule has 0 aromatic heterocycles. The molecule has 1 amide bonds. The van der Waals surface area contributed by atoms with E-state index in [1.54, 1.807) is 11.8 Å². The van der Waals surface area contributed by atoms with Gasteiger partial charge < -0.3 is 4.90 Å². The Morgan fingerprint density at radius 3 is 2.34 bits per heavy atom. The van der Waals surface area contributed by atoms with E-state index in [-0.39, 0.29) is 22.7 Å². The molecule has 0 spiro atoms. The summed E-state index contributed by atoms with van der Waals surface area (Å²) in [6.07, 6.45) is 3.79. The quantitative estimate of drug-likeness (QED) is 0.719. The Morgan fingerprint density at radius 2 is 1.66 bits per heavy atom. The van der Waals surface area contributed by atoms with Crippen LogP contribution in [0.1, 0.15) is 35.2 Å². The number of sulfone groups is 1. The summed E-state index contributed by atoms with van der Waals surface area (Å²) in [6, 6.07) is 18.2. The maximum absolute atomic E-state index is 13.2. The highest BCUT2D eigenvalue weighted by Crippen LogP contribution is 2.34. The molecule has 0 radical (unpaired) electrons. The molecule has 6 heteroatoms. The molecular weight excluding hydrogens is 402 g/mol. The van der Waals surface area contributed by atoms with Crippen LogP contribution in [0.4, 0.5) is 0 Å². The van der Waals surface area contributed by atoms with Gasteiger partial charge in [-0.05, 0) is 49.3 Å². The molecule has 0 saturated carbocycles. The van der Waals surface area contributed by atoms with Gasteiger partial charge in [-0.3, -0.25) is 4.79 Å². The number of amides is 1. The van der Waals surface area contributed by atoms with E-state index in [0.29, 0.717) is 17.9 Å². The summed E-state index contributed by atoms with van der Waals surface area (Å²) in [4.78, 5) is 16.1. The molecule has 0 N–H and O–H groups in total. The van der Waals surface area contributed by atoms with Gasteiger partial charge in [-0.25, -0.2) is 8.42 Å². The van der Waals surface area contributed by atoms with Gasteiger partial charge in [0.05, 0.1) is 17.1 Å². The second-order valence-corrected chi connectivity index (χ2v) is 11.6. The standard InChI is InChI=1S/C23H27NO3S2/c25-23(24-13-10-19(11-14-24)16-18-6-2-1-3-7-18)21-8-4-5-9-22(21)28-20-12-15-29(26,27)17-20/h1-9,19-20H,10-17H2/t20-/m0/s1. The Hall–Kier alpha value is -1.79. The van der Waals surface area contributed by atoms with Crippen LogP contribution in [0.25, 0.3) is 0 Å². The molecule has 154 valence electrons. The van der Waals surface area contributed by atoms with Crippen LogP contribution in [0.15, 0.2) is 59.5 Å². The van der Waals surface area contributed by atoms with E-state index in [4.69, 9.17) is 0 Å². The van der Waals surface area contributed by atoms with Gasteiger partial charge >= 0.3 is 0 Å². The van der Waals surface area contributed by atoms with E-state index < -0.39 is 9.84 Å². The lowest BCUT2D eigenvalue weighted by Crippen LogP contribution is -2.39. The lowest BCUT2D eigenvalue weighted by atomic mass is 9.90. The number of carbonyl (C=O) groups is 1. The highest BCUT2D eigenvalue weighted by Gasteiger charge is 2.30. The summed E-state index contributed by atoms with van der Waals surface area (Å²) in [5.41, 5.74) is 2.08. The summed E-state index contributed by atoms with van der Waals surface area (Å²) in [6.45, 7) is 1.57. The molecule has 29 heavy (non-hydrogen) atoms. The van der Waals surface area contributed by atoms with Crippen LogP contribution in [0.2, 0.25) is 0 Å². The van der Waals surface area contributed by atoms with Gasteiger partial charge in [0.15, 0.2) is 9.84 Å². The third-order valence-corrected chi connectivity index (χ3v) is 9.20. The minimum Gasteiger partial charge on any atom is -0.339 e. The first-order chi connectivity index (χ1) is 14.0. The van der Waals surface area contributed by atoms with E-state index in [2.05, 4.69) is 24.3 Å². The SMILES string of the molecule is O=C(c1ccccc1S[C@H]1CCS(=O)(=O)C1)N1CCC(Cc2ccccc2)CC1. The summed E-state index contributed by atoms with van der Waals surface area (Å²) >= 11 is 1.55. The van der Waals surface area contributed by atoms with Crippen LogP contribution in [-0.4, -0.2) is 49.1 Å². The predicted octanol–water partition coefficient (Wildman–Crippen LogP) is 4.06. The Balaban J connectivity index is 1.38. The number of hydrogen-bond donors (Lipinski definition) is 0. The van der Waals surface area contributed by atoms with Crippen molar-refractivity contribution in [2.75, 3.05) is 24.6 Å². The first kappa shape index (κ1) is 20.5. The molecule has 4 nitrogen and oxygen atoms in total. The zero-order valence-corrected chi connectivity index (χ0v) is 18.1. The van der Waals surface area contributed by atoms with Crippen molar-refractivity contribution in [1.29, 1.82) is 0 Å². The lowest BCUT2D eigenvalue weighted by molar-refractivity contribution is 0.0687. The molecule has 4 rings (SSSR count). The highest BCUT2D eigenvalue weighted by atomic mass is 32.2. The molecule has 0 aliphatic carbocycles. The molecule has 2 saturated heterocycles. The minimum absolute atomic E-state index is 0.0468. The third-order valence-electron chi connectivity index (χ3n) is 5.87. The molecule has 2 fully saturated rings. The molecular formula is C23H27NO3S2. The van der Waals surface area contributed by atoms with Gasteiger partial charge in [-0.2, -0.15) is 0 Å². The van der Waals surface area contributed by atoms with Crippen molar-refractivity contribution in [2.45, 2.75) is 35.8 Å². The number of hydrogen-bond acceptors (Lipinski definition) is 4. The third kappa shape index (κ3) is 5.23. The average Bonchev–Trinajstić information content (AvgIpc) is 3.07. The van der Waals surface area contributed by atoms with Crippen molar-refractivity contribution >= 4 is 27.5 Å². The van der Waals surface area contributed by atoms with Crippen LogP contribution in [0.3, 0.4) is 0 Å². The fourth-order valence-corrected chi connectivity index (χ4v) is 7.86. The van der Waals surface area contributed by atoms with Crippen LogP contribution < -0.4 is 0 Å². The number of benzene rings is 2. The molecule has 2 aliphatic heterocycles. The lowest BCUT2D eigenvalue weighted by Gasteiger charge is -2.32. The monoisotopic (exact) mass is 429 g/mol. The fourth-order valence-electron chi connectivity index (χ4n) is 4.24. The molecule has 0 unspecified atom stereocenters. The van der Waals surface area contributed by atoms with Crippen molar-refractivity contribution in [3.63, 3.8) is 0 Å². The van der Waals surface area contributed by atoms with E-state index in [0.717, 1.165) is 37.2 Å². The van der Waals surface area contributed by atoms with E-state index >= 15 is 0 Å². The smallest absolute Gasteiger partial charge is 0.254 e. The number of likely N-dealkylation sites (tertiary alicyclic amines) is 1. The molecule has 1 atom stereocenters. The second-order valence-electron chi connectivity index (χ2n) is 8.06. The number of rotatable bonds is 5. The van der Waals surface area contributed by atoms with Crippen LogP contribution in [-0.2, 0) is 16.3 Å². The van der Waals surface area contributed by atoms with Crippen molar-refractivity contribution in [1.82, 2.24) is 4.90 Å². The van der Waals surface area contributed by atoms with Gasteiger partial charge in [0.25, 0.3) is 5.91 Å². The van der Waals surface area contributed by atoms with Gasteiger partial charge in [-0.1, -0.05) is 42.5 Å². The number of nitrogens with zero attached hydrogens (tertiary/aromatic N) is 1. The Morgan fingerprint density at radius 1 is 0.966 bits per heavy atom. The van der Waals surface area contributed by atoms with Crippen molar-refractivity contribution < 1.29 is 13.2 Å². The molecule has 2 aliphatic rings. The fraction of sp³-hybridized carbons (Fsp3) is 0.435. The zero-order valence-electron chi connectivity index (χ0n) is 16.5. The summed E-state index contributed by atoms with van der Waals surface area (Å²) in [5.74, 6) is 1.17. The van der Waals surface area contributed by atoms with E-state index in [1.165, 1.54) is 5.56 Å². The second kappa shape index (κ2) is 8.92. The number of carbonyl (C=O) groups excluding carboxylic acids is 1. The number of thioether (sulfide) groups is 1. The van der Waals surface area contributed by atoms with Gasteiger partial charge in [-0.15, -0.1) is 11.8 Å². The Labute approximate surface area is 177 Å². The van der Waals surface area contributed by atoms with Gasteiger partial charge in [0, 0.05) is 23.2 Å². The van der Waals surface area contributed by atoms with Crippen molar-refractivity contribution in [2.24, 2.45) is 5.92 Å². The van der Waals surface area contributed by atoms with Crippen LogP contribution >= 0.6 is 11.8 Å². The van der Waals surface area contributed by atoms with Crippen LogP contribution in [0.5, 0.6) is 0 Å². The summed E-state index contributed by atoms with van der Waals surface area (Å²) in [7, 11) is -2.92. The maximum atomic E-state index is 13.2. The van der Waals surface area contributed by atoms with E-state index in [9.17, 15) is 13.2 Å². The normalized spacial score (nSPS) is 21.9. The van der Waals surface area contributed by atoms with Crippen LogP contribution in [0, 0.1) is 5.92 Å². The summed E-state index contributed by atoms with van der Waals surface area (Å²) < 4.78 is 23.5. The summed E-state index contributed by atoms with van der Waals surface area (Å²) in [5, 5.41) is 0.0468. The predicted molar refractivity (Wildman–Crippen MR) is 118 cm³/mol. The van der Waals surface area contributed by atoms with Crippen molar-refractivity contribution in [3.8, 4) is 0 Å². The Bertz CT molecular complexity index is 951. The first-order valence-corrected chi connectivity index (χ1v) is 13.0. The van der Waals surface area contributed by atoms with Gasteiger partial charge in [0.1, 0.15) is 0 Å². The number of piperidine rings is 1. The topological polar surface area (TPSA) is 54.5 Å². The van der Waals surface area contributed by atoms with Crippen molar-refractivity contribution in [3.05, 3.63) is 65.7 Å². The molecule has 0 bridgehead atoms.